The van der Waals surface area contributed by atoms with Crippen LogP contribution in [-0.4, -0.2) is 45.6 Å². The Bertz CT molecular complexity index is 878. The minimum atomic E-state index is 0.0233. The lowest BCUT2D eigenvalue weighted by Crippen LogP contribution is -2.37. The Balaban J connectivity index is 1.27. The SMILES string of the molecule is O=C(CCN1CCCC(c2nc(-c3cccnc3)no2)C1)NCc1ccco1. The number of carbonyl (C=O) groups is 1. The molecule has 8 nitrogen and oxygen atoms in total. The summed E-state index contributed by atoms with van der Waals surface area (Å²) in [6, 6.07) is 7.42. The number of pyridine rings is 1. The Morgan fingerprint density at radius 2 is 2.29 bits per heavy atom. The van der Waals surface area contributed by atoms with Gasteiger partial charge in [-0.1, -0.05) is 5.16 Å². The zero-order valence-corrected chi connectivity index (χ0v) is 15.6. The topological polar surface area (TPSA) is 97.3 Å². The summed E-state index contributed by atoms with van der Waals surface area (Å²) in [6.07, 6.45) is 7.56. The molecule has 0 bridgehead atoms. The molecule has 3 aromatic rings. The molecule has 0 spiro atoms. The van der Waals surface area contributed by atoms with E-state index in [1.165, 1.54) is 0 Å². The number of nitrogens with zero attached hydrogens (tertiary/aromatic N) is 4. The van der Waals surface area contributed by atoms with Crippen molar-refractivity contribution in [1.29, 1.82) is 0 Å². The minimum absolute atomic E-state index is 0.0233. The van der Waals surface area contributed by atoms with Gasteiger partial charge in [-0.25, -0.2) is 0 Å². The van der Waals surface area contributed by atoms with Crippen molar-refractivity contribution >= 4 is 5.91 Å². The maximum Gasteiger partial charge on any atom is 0.231 e. The highest BCUT2D eigenvalue weighted by Gasteiger charge is 2.26. The van der Waals surface area contributed by atoms with Crippen molar-refractivity contribution in [3.8, 4) is 11.4 Å². The molecular formula is C20H23N5O3. The quantitative estimate of drug-likeness (QED) is 0.672. The highest BCUT2D eigenvalue weighted by Crippen LogP contribution is 2.27. The van der Waals surface area contributed by atoms with E-state index in [9.17, 15) is 4.79 Å². The number of nitrogens with one attached hydrogen (secondary N) is 1. The fourth-order valence-corrected chi connectivity index (χ4v) is 3.42. The molecule has 0 radical (unpaired) electrons. The second kappa shape index (κ2) is 8.79. The predicted octanol–water partition coefficient (Wildman–Crippen LogP) is 2.61. The van der Waals surface area contributed by atoms with Crippen LogP contribution in [0.5, 0.6) is 0 Å². The van der Waals surface area contributed by atoms with Crippen LogP contribution < -0.4 is 5.32 Å². The molecule has 1 unspecified atom stereocenters. The average molecular weight is 381 g/mol. The standard InChI is InChI=1S/C20H23N5O3/c26-18(22-13-17-6-3-11-27-17)7-10-25-9-2-5-16(14-25)20-23-19(24-28-20)15-4-1-8-21-12-15/h1,3-4,6,8,11-12,16H,2,5,7,9-10,13-14H2,(H,22,26). The van der Waals surface area contributed by atoms with Gasteiger partial charge in [0.25, 0.3) is 0 Å². The van der Waals surface area contributed by atoms with E-state index in [1.54, 1.807) is 18.7 Å². The van der Waals surface area contributed by atoms with Crippen molar-refractivity contribution in [2.75, 3.05) is 19.6 Å². The first-order chi connectivity index (χ1) is 13.8. The molecule has 1 saturated heterocycles. The lowest BCUT2D eigenvalue weighted by molar-refractivity contribution is -0.121. The van der Waals surface area contributed by atoms with Crippen molar-refractivity contribution in [2.45, 2.75) is 31.7 Å². The Kier molecular flexibility index (Phi) is 5.77. The Labute approximate surface area is 162 Å². The van der Waals surface area contributed by atoms with Gasteiger partial charge in [-0.15, -0.1) is 0 Å². The van der Waals surface area contributed by atoms with E-state index in [0.29, 0.717) is 31.2 Å². The van der Waals surface area contributed by atoms with Crippen LogP contribution in [0.25, 0.3) is 11.4 Å². The van der Waals surface area contributed by atoms with Crippen LogP contribution in [0, 0.1) is 0 Å². The number of aromatic nitrogens is 3. The van der Waals surface area contributed by atoms with Gasteiger partial charge in [-0.3, -0.25) is 9.78 Å². The number of piperidine rings is 1. The molecule has 1 atom stereocenters. The number of rotatable bonds is 7. The Hall–Kier alpha value is -3.00. The third-order valence-corrected chi connectivity index (χ3v) is 4.91. The number of amides is 1. The van der Waals surface area contributed by atoms with E-state index in [0.717, 1.165) is 37.3 Å². The molecular weight excluding hydrogens is 358 g/mol. The van der Waals surface area contributed by atoms with Crippen molar-refractivity contribution in [1.82, 2.24) is 25.3 Å². The molecule has 8 heteroatoms. The number of furan rings is 1. The molecule has 4 rings (SSSR count). The molecule has 1 N–H and O–H groups in total. The lowest BCUT2D eigenvalue weighted by Gasteiger charge is -2.30. The maximum absolute atomic E-state index is 12.1. The second-order valence-corrected chi connectivity index (χ2v) is 6.94. The van der Waals surface area contributed by atoms with E-state index in [4.69, 9.17) is 8.94 Å². The van der Waals surface area contributed by atoms with Crippen LogP contribution in [0.2, 0.25) is 0 Å². The van der Waals surface area contributed by atoms with Crippen LogP contribution in [-0.2, 0) is 11.3 Å². The highest BCUT2D eigenvalue weighted by atomic mass is 16.5. The van der Waals surface area contributed by atoms with Gasteiger partial charge in [0.2, 0.25) is 17.6 Å². The first-order valence-corrected chi connectivity index (χ1v) is 9.53. The Morgan fingerprint density at radius 1 is 1.32 bits per heavy atom. The van der Waals surface area contributed by atoms with Gasteiger partial charge in [0.15, 0.2) is 0 Å². The van der Waals surface area contributed by atoms with E-state index in [-0.39, 0.29) is 11.8 Å². The van der Waals surface area contributed by atoms with E-state index >= 15 is 0 Å². The van der Waals surface area contributed by atoms with Crippen LogP contribution >= 0.6 is 0 Å². The van der Waals surface area contributed by atoms with Gasteiger partial charge in [0.1, 0.15) is 5.76 Å². The van der Waals surface area contributed by atoms with Gasteiger partial charge >= 0.3 is 0 Å². The van der Waals surface area contributed by atoms with E-state index in [1.807, 2.05) is 24.3 Å². The summed E-state index contributed by atoms with van der Waals surface area (Å²) in [7, 11) is 0. The zero-order valence-electron chi connectivity index (χ0n) is 15.6. The van der Waals surface area contributed by atoms with Crippen molar-refractivity contribution in [2.24, 2.45) is 0 Å². The van der Waals surface area contributed by atoms with Crippen LogP contribution in [0.15, 0.2) is 51.9 Å². The van der Waals surface area contributed by atoms with Gasteiger partial charge in [0.05, 0.1) is 18.7 Å². The number of hydrogen-bond acceptors (Lipinski definition) is 7. The first-order valence-electron chi connectivity index (χ1n) is 9.53. The van der Waals surface area contributed by atoms with Gasteiger partial charge in [-0.05, 0) is 43.7 Å². The third-order valence-electron chi connectivity index (χ3n) is 4.91. The molecule has 0 aromatic carbocycles. The molecule has 28 heavy (non-hydrogen) atoms. The smallest absolute Gasteiger partial charge is 0.231 e. The predicted molar refractivity (Wildman–Crippen MR) is 101 cm³/mol. The summed E-state index contributed by atoms with van der Waals surface area (Å²) in [5.41, 5.74) is 0.846. The highest BCUT2D eigenvalue weighted by molar-refractivity contribution is 5.75. The Morgan fingerprint density at radius 3 is 3.11 bits per heavy atom. The van der Waals surface area contributed by atoms with Crippen LogP contribution in [0.1, 0.15) is 36.8 Å². The van der Waals surface area contributed by atoms with E-state index in [2.05, 4.69) is 25.3 Å². The fraction of sp³-hybridized carbons (Fsp3) is 0.400. The molecule has 0 aliphatic carbocycles. The second-order valence-electron chi connectivity index (χ2n) is 6.94. The largest absolute Gasteiger partial charge is 0.467 e. The van der Waals surface area contributed by atoms with Gasteiger partial charge in [-0.2, -0.15) is 4.98 Å². The number of carbonyl (C=O) groups excluding carboxylic acids is 1. The summed E-state index contributed by atoms with van der Waals surface area (Å²) in [6.45, 7) is 2.93. The zero-order chi connectivity index (χ0) is 19.2. The molecule has 1 amide bonds. The molecule has 3 aromatic heterocycles. The normalized spacial score (nSPS) is 17.5. The maximum atomic E-state index is 12.1. The summed E-state index contributed by atoms with van der Waals surface area (Å²) < 4.78 is 10.7. The number of hydrogen-bond donors (Lipinski definition) is 1. The van der Waals surface area contributed by atoms with Gasteiger partial charge in [0, 0.05) is 37.5 Å². The molecule has 4 heterocycles. The van der Waals surface area contributed by atoms with E-state index < -0.39 is 0 Å². The molecule has 1 aliphatic heterocycles. The minimum Gasteiger partial charge on any atom is -0.467 e. The third kappa shape index (κ3) is 4.64. The summed E-state index contributed by atoms with van der Waals surface area (Å²) in [4.78, 5) is 23.0. The van der Waals surface area contributed by atoms with Crippen molar-refractivity contribution < 1.29 is 13.7 Å². The van der Waals surface area contributed by atoms with Gasteiger partial charge < -0.3 is 19.2 Å². The van der Waals surface area contributed by atoms with Crippen molar-refractivity contribution in [3.63, 3.8) is 0 Å². The molecule has 1 fully saturated rings. The fourth-order valence-electron chi connectivity index (χ4n) is 3.42. The average Bonchev–Trinajstić information content (AvgIpc) is 3.44. The van der Waals surface area contributed by atoms with Crippen LogP contribution in [0.4, 0.5) is 0 Å². The van der Waals surface area contributed by atoms with Crippen LogP contribution in [0.3, 0.4) is 0 Å². The summed E-state index contributed by atoms with van der Waals surface area (Å²) >= 11 is 0. The number of likely N-dealkylation sites (tertiary alicyclic amines) is 1. The lowest BCUT2D eigenvalue weighted by atomic mass is 9.98. The molecule has 1 aliphatic rings. The summed E-state index contributed by atoms with van der Waals surface area (Å²) in [5.74, 6) is 2.20. The molecule has 146 valence electrons. The molecule has 0 saturated carbocycles. The monoisotopic (exact) mass is 381 g/mol. The van der Waals surface area contributed by atoms with Crippen molar-refractivity contribution in [3.05, 3.63) is 54.6 Å². The first kappa shape index (κ1) is 18.4. The summed E-state index contributed by atoms with van der Waals surface area (Å²) in [5, 5.41) is 6.97.